The van der Waals surface area contributed by atoms with E-state index in [1.807, 2.05) is 0 Å². The van der Waals surface area contributed by atoms with E-state index in [1.54, 1.807) is 6.07 Å². The van der Waals surface area contributed by atoms with E-state index < -0.39 is 35.8 Å². The summed E-state index contributed by atoms with van der Waals surface area (Å²) in [6.07, 6.45) is -6.51. The topological polar surface area (TPSA) is 55.1 Å². The summed E-state index contributed by atoms with van der Waals surface area (Å²) in [5.74, 6) is -1.86. The molecule has 1 aromatic heterocycles. The van der Waals surface area contributed by atoms with Gasteiger partial charge in [0.15, 0.2) is 0 Å². The van der Waals surface area contributed by atoms with Crippen LogP contribution in [0.15, 0.2) is 30.3 Å². The van der Waals surface area contributed by atoms with Crippen LogP contribution in [0, 0.1) is 0 Å². The van der Waals surface area contributed by atoms with Crippen molar-refractivity contribution in [3.05, 3.63) is 47.3 Å². The van der Waals surface area contributed by atoms with Crippen LogP contribution in [0.25, 0.3) is 5.69 Å². The third-order valence-corrected chi connectivity index (χ3v) is 2.58. The Labute approximate surface area is 110 Å². The van der Waals surface area contributed by atoms with E-state index in [4.69, 9.17) is 5.11 Å². The molecule has 4 nitrogen and oxygen atoms in total. The van der Waals surface area contributed by atoms with Crippen molar-refractivity contribution >= 4 is 5.97 Å². The number of nitrogens with zero attached hydrogens (tertiary/aromatic N) is 2. The largest absolute Gasteiger partial charge is 0.478 e. The average molecular weight is 288 g/mol. The predicted molar refractivity (Wildman–Crippen MR) is 60.4 cm³/mol. The smallest absolute Gasteiger partial charge is 0.339 e. The van der Waals surface area contributed by atoms with Crippen molar-refractivity contribution in [2.75, 3.05) is 0 Å². The van der Waals surface area contributed by atoms with E-state index in [9.17, 15) is 22.4 Å². The maximum absolute atomic E-state index is 13.0. The second-order valence-electron chi connectivity index (χ2n) is 3.80. The monoisotopic (exact) mass is 288 g/mol. The first-order chi connectivity index (χ1) is 9.43. The molecular formula is C12H8F4N2O2. The lowest BCUT2D eigenvalue weighted by Crippen LogP contribution is -2.07. The van der Waals surface area contributed by atoms with Crippen molar-refractivity contribution in [3.8, 4) is 5.69 Å². The van der Waals surface area contributed by atoms with Gasteiger partial charge in [0.1, 0.15) is 17.0 Å². The first kappa shape index (κ1) is 14.0. The summed E-state index contributed by atoms with van der Waals surface area (Å²) in [6.45, 7) is 0. The molecule has 106 valence electrons. The molecule has 0 atom stereocenters. The quantitative estimate of drug-likeness (QED) is 0.877. The van der Waals surface area contributed by atoms with Gasteiger partial charge in [-0.15, -0.1) is 0 Å². The minimum atomic E-state index is -3.26. The number of halogens is 4. The van der Waals surface area contributed by atoms with Crippen LogP contribution in [0.4, 0.5) is 17.6 Å². The van der Waals surface area contributed by atoms with E-state index >= 15 is 0 Å². The van der Waals surface area contributed by atoms with Gasteiger partial charge in [0.2, 0.25) is 0 Å². The van der Waals surface area contributed by atoms with E-state index in [0.717, 1.165) is 0 Å². The van der Waals surface area contributed by atoms with Gasteiger partial charge in [-0.05, 0) is 12.1 Å². The molecule has 20 heavy (non-hydrogen) atoms. The highest BCUT2D eigenvalue weighted by Gasteiger charge is 2.33. The van der Waals surface area contributed by atoms with Crippen LogP contribution in [0.2, 0.25) is 0 Å². The van der Waals surface area contributed by atoms with Crippen LogP contribution in [0.5, 0.6) is 0 Å². The number of aromatic carboxylic acids is 1. The SMILES string of the molecule is O=C(O)c1c(C(F)F)nn(-c2ccccc2)c1C(F)F. The highest BCUT2D eigenvalue weighted by molar-refractivity contribution is 5.90. The third-order valence-electron chi connectivity index (χ3n) is 2.58. The first-order valence-electron chi connectivity index (χ1n) is 5.41. The Morgan fingerprint density at radius 3 is 2.15 bits per heavy atom. The molecule has 1 aromatic carbocycles. The minimum absolute atomic E-state index is 0.0807. The zero-order valence-corrected chi connectivity index (χ0v) is 9.80. The lowest BCUT2D eigenvalue weighted by molar-refractivity contribution is 0.0670. The molecule has 0 aliphatic carbocycles. The number of hydrogen-bond donors (Lipinski definition) is 1. The molecule has 1 heterocycles. The standard InChI is InChI=1S/C12H8F4N2O2/c13-10(14)8-7(12(19)20)9(11(15)16)18(17-8)6-4-2-1-3-5-6/h1-5,10-11H,(H,19,20). The van der Waals surface area contributed by atoms with Crippen molar-refractivity contribution in [1.82, 2.24) is 9.78 Å². The Balaban J connectivity index is 2.75. The number of aromatic nitrogens is 2. The highest BCUT2D eigenvalue weighted by atomic mass is 19.3. The van der Waals surface area contributed by atoms with Crippen molar-refractivity contribution in [2.24, 2.45) is 0 Å². The Kier molecular flexibility index (Phi) is 3.73. The van der Waals surface area contributed by atoms with Gasteiger partial charge < -0.3 is 5.11 Å². The summed E-state index contributed by atoms with van der Waals surface area (Å²) in [6, 6.07) is 7.31. The zero-order chi connectivity index (χ0) is 14.9. The molecule has 0 unspecified atom stereocenters. The number of rotatable bonds is 4. The Bertz CT molecular complexity index is 626. The number of carboxylic acids is 1. The fourth-order valence-corrected chi connectivity index (χ4v) is 1.79. The van der Waals surface area contributed by atoms with Crippen LogP contribution in [0.3, 0.4) is 0 Å². The number of benzene rings is 1. The van der Waals surface area contributed by atoms with E-state index in [1.165, 1.54) is 24.3 Å². The predicted octanol–water partition coefficient (Wildman–Crippen LogP) is 3.45. The molecule has 0 saturated carbocycles. The Hall–Kier alpha value is -2.38. The van der Waals surface area contributed by atoms with Crippen LogP contribution >= 0.6 is 0 Å². The minimum Gasteiger partial charge on any atom is -0.478 e. The molecule has 0 radical (unpaired) electrons. The second-order valence-corrected chi connectivity index (χ2v) is 3.80. The second kappa shape index (κ2) is 5.32. The number of carboxylic acid groups (broad SMARTS) is 1. The molecule has 0 aliphatic rings. The van der Waals surface area contributed by atoms with E-state index in [-0.39, 0.29) is 5.69 Å². The van der Waals surface area contributed by atoms with Crippen molar-refractivity contribution < 1.29 is 27.5 Å². The van der Waals surface area contributed by atoms with E-state index in [2.05, 4.69) is 5.10 Å². The summed E-state index contributed by atoms with van der Waals surface area (Å²) >= 11 is 0. The normalized spacial score (nSPS) is 11.3. The van der Waals surface area contributed by atoms with Crippen LogP contribution in [-0.2, 0) is 0 Å². The van der Waals surface area contributed by atoms with Crippen molar-refractivity contribution in [1.29, 1.82) is 0 Å². The summed E-state index contributed by atoms with van der Waals surface area (Å²) in [7, 11) is 0. The number of hydrogen-bond acceptors (Lipinski definition) is 2. The molecule has 0 spiro atoms. The number of para-hydroxylation sites is 1. The maximum Gasteiger partial charge on any atom is 0.339 e. The van der Waals surface area contributed by atoms with Gasteiger partial charge in [-0.3, -0.25) is 0 Å². The van der Waals surface area contributed by atoms with E-state index in [0.29, 0.717) is 4.68 Å². The Morgan fingerprint density at radius 1 is 1.10 bits per heavy atom. The Morgan fingerprint density at radius 2 is 1.70 bits per heavy atom. The van der Waals surface area contributed by atoms with Crippen molar-refractivity contribution in [3.63, 3.8) is 0 Å². The van der Waals surface area contributed by atoms with Gasteiger partial charge >= 0.3 is 5.97 Å². The highest BCUT2D eigenvalue weighted by Crippen LogP contribution is 2.32. The molecular weight excluding hydrogens is 280 g/mol. The number of carbonyl (C=O) groups is 1. The average Bonchev–Trinajstić information content (AvgIpc) is 2.80. The van der Waals surface area contributed by atoms with Crippen LogP contribution in [-0.4, -0.2) is 20.9 Å². The third kappa shape index (κ3) is 2.36. The van der Waals surface area contributed by atoms with Crippen LogP contribution < -0.4 is 0 Å². The lowest BCUT2D eigenvalue weighted by Gasteiger charge is -2.06. The molecule has 2 rings (SSSR count). The van der Waals surface area contributed by atoms with Crippen molar-refractivity contribution in [2.45, 2.75) is 12.9 Å². The van der Waals surface area contributed by atoms with Gasteiger partial charge in [0.25, 0.3) is 12.9 Å². The molecule has 0 aliphatic heterocycles. The number of alkyl halides is 4. The summed E-state index contributed by atoms with van der Waals surface area (Å²) < 4.78 is 52.2. The van der Waals surface area contributed by atoms with Gasteiger partial charge in [-0.25, -0.2) is 27.0 Å². The zero-order valence-electron chi connectivity index (χ0n) is 9.80. The van der Waals surface area contributed by atoms with Gasteiger partial charge in [-0.1, -0.05) is 18.2 Å². The van der Waals surface area contributed by atoms with Crippen LogP contribution in [0.1, 0.15) is 34.6 Å². The molecule has 0 bridgehead atoms. The molecule has 2 aromatic rings. The maximum atomic E-state index is 13.0. The fourth-order valence-electron chi connectivity index (χ4n) is 1.79. The fraction of sp³-hybridized carbons (Fsp3) is 0.167. The molecule has 8 heteroatoms. The van der Waals surface area contributed by atoms with Gasteiger partial charge in [0.05, 0.1) is 5.69 Å². The molecule has 1 N–H and O–H groups in total. The first-order valence-corrected chi connectivity index (χ1v) is 5.41. The summed E-state index contributed by atoms with van der Waals surface area (Å²) in [5, 5.41) is 12.2. The molecule has 0 amide bonds. The molecule has 0 saturated heterocycles. The van der Waals surface area contributed by atoms with Gasteiger partial charge in [0, 0.05) is 0 Å². The van der Waals surface area contributed by atoms with Gasteiger partial charge in [-0.2, -0.15) is 5.10 Å². The molecule has 0 fully saturated rings. The summed E-state index contributed by atoms with van der Waals surface area (Å²) in [5.41, 5.74) is -3.30. The lowest BCUT2D eigenvalue weighted by atomic mass is 10.2. The summed E-state index contributed by atoms with van der Waals surface area (Å²) in [4.78, 5) is 11.0.